The number of para-hydroxylation sites is 4. The van der Waals surface area contributed by atoms with Crippen molar-refractivity contribution < 1.29 is 28.4 Å². The maximum Gasteiger partial charge on any atom is 0.132 e. The number of methoxy groups -OCH3 is 4. The summed E-state index contributed by atoms with van der Waals surface area (Å²) in [6.45, 7) is 0. The lowest BCUT2D eigenvalue weighted by atomic mass is 9.54. The van der Waals surface area contributed by atoms with Crippen LogP contribution in [0.1, 0.15) is 43.1 Å². The number of rotatable bonds is 6. The van der Waals surface area contributed by atoms with Gasteiger partial charge >= 0.3 is 0 Å². The molecular weight excluding hydrogens is 933 g/mol. The number of nitrogens with zero attached hydrogens (tertiary/aromatic N) is 2. The molecule has 15 rings (SSSR count). The van der Waals surface area contributed by atoms with E-state index >= 15 is 0 Å². The zero-order valence-corrected chi connectivity index (χ0v) is 41.1. The van der Waals surface area contributed by atoms with Crippen molar-refractivity contribution in [2.24, 2.45) is 0 Å². The molecule has 2 spiro atoms. The molecule has 0 fully saturated rings. The maximum atomic E-state index is 6.99. The molecule has 0 atom stereocenters. The fourth-order valence-electron chi connectivity index (χ4n) is 12.3. The first-order chi connectivity index (χ1) is 35.5. The summed E-state index contributed by atoms with van der Waals surface area (Å²) >= 11 is 3.70. The minimum Gasteiger partial charge on any atom is -0.497 e. The van der Waals surface area contributed by atoms with Crippen LogP contribution >= 0.6 is 22.7 Å². The molecule has 4 aromatic heterocycles. The fourth-order valence-corrected chi connectivity index (χ4v) is 15.3. The number of aromatic nitrogens is 2. The lowest BCUT2D eigenvalue weighted by Gasteiger charge is -2.50. The van der Waals surface area contributed by atoms with Crippen LogP contribution in [-0.2, 0) is 10.8 Å². The largest absolute Gasteiger partial charge is 0.497 e. The van der Waals surface area contributed by atoms with Crippen molar-refractivity contribution in [3.05, 3.63) is 225 Å². The highest BCUT2D eigenvalue weighted by Gasteiger charge is 2.61. The van der Waals surface area contributed by atoms with Crippen LogP contribution in [0, 0.1) is 0 Å². The number of hydrogen-bond donors (Lipinski definition) is 0. The third kappa shape index (κ3) is 5.24. The number of fused-ring (bicyclic) bond motifs is 20. The molecule has 0 saturated carbocycles. The molecule has 6 heterocycles. The molecule has 10 heteroatoms. The summed E-state index contributed by atoms with van der Waals surface area (Å²) < 4.78 is 42.2. The van der Waals surface area contributed by atoms with E-state index in [2.05, 4.69) is 191 Å². The SMILES string of the molecule is COc1ccc2c(c1)c1cc(OC)ccc1n2-c1cc2c(s1)C1(c3ccccc3Oc3ccccc31)c1cc(-n3c4ccc(OC)cc4c4cc(OC)ccc43)sc1C21c2ccccc2Oc2ccccc21. The number of thiophene rings is 2. The van der Waals surface area contributed by atoms with E-state index in [9.17, 15) is 0 Å². The van der Waals surface area contributed by atoms with Gasteiger partial charge in [0, 0.05) is 53.6 Å². The molecule has 3 aliphatic rings. The van der Waals surface area contributed by atoms with Gasteiger partial charge in [-0.1, -0.05) is 72.8 Å². The number of benzene rings is 8. The quantitative estimate of drug-likeness (QED) is 0.165. The van der Waals surface area contributed by atoms with Gasteiger partial charge in [-0.25, -0.2) is 0 Å². The van der Waals surface area contributed by atoms with Crippen LogP contribution in [0.4, 0.5) is 0 Å². The van der Waals surface area contributed by atoms with Crippen LogP contribution in [0.15, 0.2) is 182 Å². The Morgan fingerprint density at radius 1 is 0.333 bits per heavy atom. The monoisotopic (exact) mass is 974 g/mol. The standard InChI is InChI=1S/C62H42N2O6S2/c1-65-35-21-25-49-39(29-35)40-30-36(66-2)22-26-50(40)63(49)57-33-47-59(71-57)62(45-15-7-11-19-55(45)70-56-20-12-8-16-46(56)62)48-34-58(64-51-27-23-37(67-3)31-41(51)42-32-38(68-4)24-28-52(42)64)72-60(48)61(47)43-13-5-9-17-53(43)69-54-18-10-6-14-44(54)61/h5-34H,1-4H3. The Hall–Kier alpha value is -8.44. The van der Waals surface area contributed by atoms with E-state index in [1.807, 2.05) is 22.7 Å². The highest BCUT2D eigenvalue weighted by atomic mass is 32.1. The van der Waals surface area contributed by atoms with Gasteiger partial charge in [0.15, 0.2) is 0 Å². The smallest absolute Gasteiger partial charge is 0.132 e. The Morgan fingerprint density at radius 2 is 0.611 bits per heavy atom. The third-order valence-electron chi connectivity index (χ3n) is 15.3. The average molecular weight is 975 g/mol. The van der Waals surface area contributed by atoms with E-state index in [0.717, 1.165) is 122 Å². The third-order valence-corrected chi connectivity index (χ3v) is 17.8. The lowest BCUT2D eigenvalue weighted by molar-refractivity contribution is 0.415. The van der Waals surface area contributed by atoms with Crippen LogP contribution in [0.2, 0.25) is 0 Å². The summed E-state index contributed by atoms with van der Waals surface area (Å²) in [6.07, 6.45) is 0. The van der Waals surface area contributed by atoms with Gasteiger partial charge in [-0.2, -0.15) is 0 Å². The van der Waals surface area contributed by atoms with Gasteiger partial charge in [0.05, 0.1) is 61.3 Å². The predicted octanol–water partition coefficient (Wildman–Crippen LogP) is 15.3. The van der Waals surface area contributed by atoms with Gasteiger partial charge < -0.3 is 37.6 Å². The van der Waals surface area contributed by atoms with Crippen LogP contribution in [-0.4, -0.2) is 37.6 Å². The number of hydrogen-bond acceptors (Lipinski definition) is 8. The van der Waals surface area contributed by atoms with Crippen molar-refractivity contribution in [2.75, 3.05) is 28.4 Å². The molecular formula is C62H42N2O6S2. The molecule has 0 bridgehead atoms. The van der Waals surface area contributed by atoms with Gasteiger partial charge in [0.2, 0.25) is 0 Å². The van der Waals surface area contributed by atoms with Crippen molar-refractivity contribution in [1.29, 1.82) is 0 Å². The van der Waals surface area contributed by atoms with E-state index in [4.69, 9.17) is 28.4 Å². The molecule has 0 saturated heterocycles. The summed E-state index contributed by atoms with van der Waals surface area (Å²) in [6, 6.07) is 65.0. The maximum absolute atomic E-state index is 6.99. The van der Waals surface area contributed by atoms with Crippen LogP contribution in [0.5, 0.6) is 46.0 Å². The minimum absolute atomic E-state index is 0.792. The number of ether oxygens (including phenoxy) is 6. The second-order valence-corrected chi connectivity index (χ2v) is 20.6. The van der Waals surface area contributed by atoms with Crippen molar-refractivity contribution in [1.82, 2.24) is 9.13 Å². The Kier molecular flexibility index (Phi) is 8.64. The van der Waals surface area contributed by atoms with Crippen LogP contribution < -0.4 is 28.4 Å². The fraction of sp³-hybridized carbons (Fsp3) is 0.0968. The summed E-state index contributed by atoms with van der Waals surface area (Å²) in [4.78, 5) is 2.41. The van der Waals surface area contributed by atoms with Crippen LogP contribution in [0.25, 0.3) is 53.6 Å². The topological polar surface area (TPSA) is 65.2 Å². The van der Waals surface area contributed by atoms with E-state index < -0.39 is 10.8 Å². The van der Waals surface area contributed by atoms with Gasteiger partial charge in [-0.15, -0.1) is 22.7 Å². The highest BCUT2D eigenvalue weighted by molar-refractivity contribution is 7.16. The summed E-state index contributed by atoms with van der Waals surface area (Å²) in [5.41, 5.74) is 9.28. The summed E-state index contributed by atoms with van der Waals surface area (Å²) in [5, 5.41) is 6.47. The molecule has 1 aliphatic carbocycles. The summed E-state index contributed by atoms with van der Waals surface area (Å²) in [5.74, 6) is 6.47. The molecule has 0 radical (unpaired) electrons. The first-order valence-electron chi connectivity index (χ1n) is 23.8. The molecule has 8 aromatic carbocycles. The molecule has 2 aliphatic heterocycles. The van der Waals surface area contributed by atoms with Crippen LogP contribution in [0.3, 0.4) is 0 Å². The Morgan fingerprint density at radius 3 is 0.889 bits per heavy atom. The second kappa shape index (κ2) is 15.0. The average Bonchev–Trinajstić information content (AvgIpc) is 4.23. The first kappa shape index (κ1) is 41.4. The molecule has 8 nitrogen and oxygen atoms in total. The molecule has 0 N–H and O–H groups in total. The molecule has 12 aromatic rings. The predicted molar refractivity (Wildman–Crippen MR) is 287 cm³/mol. The molecule has 348 valence electrons. The van der Waals surface area contributed by atoms with Crippen molar-refractivity contribution in [2.45, 2.75) is 10.8 Å². The second-order valence-electron chi connectivity index (χ2n) is 18.5. The van der Waals surface area contributed by atoms with Gasteiger partial charge in [0.25, 0.3) is 0 Å². The minimum atomic E-state index is -0.850. The highest BCUT2D eigenvalue weighted by Crippen LogP contribution is 2.70. The van der Waals surface area contributed by atoms with Crippen molar-refractivity contribution >= 4 is 66.3 Å². The van der Waals surface area contributed by atoms with Gasteiger partial charge in [-0.05, 0) is 120 Å². The molecule has 0 unspecified atom stereocenters. The van der Waals surface area contributed by atoms with E-state index in [0.29, 0.717) is 0 Å². The molecule has 72 heavy (non-hydrogen) atoms. The van der Waals surface area contributed by atoms with Crippen molar-refractivity contribution in [3.8, 4) is 56.0 Å². The van der Waals surface area contributed by atoms with E-state index in [-0.39, 0.29) is 0 Å². The Balaban J connectivity index is 1.14. The van der Waals surface area contributed by atoms with Gasteiger partial charge in [-0.3, -0.25) is 0 Å². The first-order valence-corrected chi connectivity index (χ1v) is 25.5. The van der Waals surface area contributed by atoms with Gasteiger partial charge in [0.1, 0.15) is 56.0 Å². The van der Waals surface area contributed by atoms with E-state index in [1.165, 1.54) is 20.9 Å². The normalized spacial score (nSPS) is 14.3. The zero-order valence-electron chi connectivity index (χ0n) is 39.5. The zero-order chi connectivity index (χ0) is 48.0. The summed E-state index contributed by atoms with van der Waals surface area (Å²) in [7, 11) is 6.89. The Labute approximate surface area is 422 Å². The lowest BCUT2D eigenvalue weighted by Crippen LogP contribution is -2.45. The van der Waals surface area contributed by atoms with E-state index in [1.54, 1.807) is 28.4 Å². The van der Waals surface area contributed by atoms with Crippen molar-refractivity contribution in [3.63, 3.8) is 0 Å². The Bertz CT molecular complexity index is 3740. The molecule has 0 amide bonds.